The molecule has 234 valence electrons. The Morgan fingerprint density at radius 1 is 1.02 bits per heavy atom. The zero-order valence-electron chi connectivity index (χ0n) is 25.0. The number of allylic oxidation sites excluding steroid dienone is 1. The number of benzene rings is 3. The van der Waals surface area contributed by atoms with Crippen molar-refractivity contribution in [3.05, 3.63) is 131 Å². The van der Waals surface area contributed by atoms with Gasteiger partial charge in [-0.05, 0) is 78.9 Å². The molecule has 2 heterocycles. The first-order valence-electron chi connectivity index (χ1n) is 14.4. The van der Waals surface area contributed by atoms with Gasteiger partial charge < -0.3 is 25.2 Å². The smallest absolute Gasteiger partial charge is 0.271 e. The molecular weight excluding hydrogens is 610 g/mol. The normalized spacial score (nSPS) is 11.3. The summed E-state index contributed by atoms with van der Waals surface area (Å²) in [5.41, 5.74) is 1.72. The van der Waals surface area contributed by atoms with Gasteiger partial charge in [-0.1, -0.05) is 19.1 Å². The molecule has 0 radical (unpaired) electrons. The Kier molecular flexibility index (Phi) is 10.1. The van der Waals surface area contributed by atoms with Crippen LogP contribution < -0.4 is 20.3 Å². The van der Waals surface area contributed by atoms with E-state index in [1.807, 2.05) is 24.3 Å². The summed E-state index contributed by atoms with van der Waals surface area (Å²) in [7, 11) is 0. The van der Waals surface area contributed by atoms with Crippen molar-refractivity contribution in [2.75, 3.05) is 17.7 Å². The zero-order chi connectivity index (χ0) is 32.6. The molecule has 0 spiro atoms. The number of carbonyl (C=O) groups is 1. The highest BCUT2D eigenvalue weighted by molar-refractivity contribution is 7.99. The molecule has 0 saturated carbocycles. The molecule has 2 aromatic heterocycles. The third-order valence-electron chi connectivity index (χ3n) is 6.78. The molecule has 0 aliphatic heterocycles. The highest BCUT2D eigenvalue weighted by Gasteiger charge is 2.21. The lowest BCUT2D eigenvalue weighted by Gasteiger charge is -2.15. The average Bonchev–Trinajstić information content (AvgIpc) is 3.53. The Morgan fingerprint density at radius 2 is 1.83 bits per heavy atom. The maximum absolute atomic E-state index is 15.4. The Balaban J connectivity index is 1.40. The summed E-state index contributed by atoms with van der Waals surface area (Å²) < 4.78 is 41.5. The van der Waals surface area contributed by atoms with Gasteiger partial charge in [0, 0.05) is 52.6 Å². The number of ether oxygens (including phenoxy) is 2. The minimum Gasteiger partial charge on any atom is -0.493 e. The molecular formula is C35H30F2N4O4S. The maximum Gasteiger partial charge on any atom is 0.271 e. The number of halogens is 2. The number of anilines is 1. The van der Waals surface area contributed by atoms with Crippen LogP contribution in [-0.2, 0) is 0 Å². The Labute approximate surface area is 268 Å². The second kappa shape index (κ2) is 14.6. The molecule has 0 aliphatic rings. The van der Waals surface area contributed by atoms with Crippen LogP contribution in [-0.4, -0.2) is 34.0 Å². The van der Waals surface area contributed by atoms with Gasteiger partial charge in [0.25, 0.3) is 11.5 Å². The number of pyridine rings is 1. The topological polar surface area (TPSA) is 109 Å². The Hall–Kier alpha value is -5.42. The van der Waals surface area contributed by atoms with E-state index in [0.717, 1.165) is 34.1 Å². The van der Waals surface area contributed by atoms with Crippen molar-refractivity contribution in [1.29, 1.82) is 5.41 Å². The van der Waals surface area contributed by atoms with Crippen molar-refractivity contribution in [3.63, 3.8) is 0 Å². The van der Waals surface area contributed by atoms with Crippen LogP contribution in [0.1, 0.15) is 29.9 Å². The summed E-state index contributed by atoms with van der Waals surface area (Å²) in [5.74, 6) is -1.03. The first-order valence-corrected chi connectivity index (χ1v) is 15.4. The molecule has 0 saturated heterocycles. The standard InChI is InChI=1S/C35H30F2N4O4S/c1-3-44-30-16-19-41(25-11-8-23(36)9-12-25)35(43)32(30)34(42)40-24-10-13-29(28(37)21-24)45-31(14-17-38)33-27(15-18-39-33)22-6-5-7-26(20-22)46-4-2/h5-21,38-39H,3-4H2,1-2H3,(H,40,42)/b31-14+,38-17?. The fourth-order valence-corrected chi connectivity index (χ4v) is 5.48. The first kappa shape index (κ1) is 32.0. The molecule has 3 aromatic carbocycles. The van der Waals surface area contributed by atoms with Crippen LogP contribution in [0, 0.1) is 17.0 Å². The molecule has 0 atom stereocenters. The predicted molar refractivity (Wildman–Crippen MR) is 178 cm³/mol. The summed E-state index contributed by atoms with van der Waals surface area (Å²) in [6.07, 6.45) is 5.62. The molecule has 0 fully saturated rings. The lowest BCUT2D eigenvalue weighted by Crippen LogP contribution is -2.29. The van der Waals surface area contributed by atoms with Crippen LogP contribution in [0.4, 0.5) is 14.5 Å². The van der Waals surface area contributed by atoms with E-state index in [1.54, 1.807) is 24.9 Å². The molecule has 0 aliphatic carbocycles. The summed E-state index contributed by atoms with van der Waals surface area (Å²) in [5, 5.41) is 10.2. The van der Waals surface area contributed by atoms with E-state index in [9.17, 15) is 14.0 Å². The van der Waals surface area contributed by atoms with Gasteiger partial charge in [-0.25, -0.2) is 8.78 Å². The van der Waals surface area contributed by atoms with Crippen molar-refractivity contribution in [1.82, 2.24) is 9.55 Å². The number of nitrogens with zero attached hydrogens (tertiary/aromatic N) is 1. The van der Waals surface area contributed by atoms with Gasteiger partial charge in [-0.15, -0.1) is 11.8 Å². The average molecular weight is 641 g/mol. The third-order valence-corrected chi connectivity index (χ3v) is 7.66. The highest BCUT2D eigenvalue weighted by Crippen LogP contribution is 2.33. The van der Waals surface area contributed by atoms with E-state index < -0.39 is 23.1 Å². The number of nitrogens with one attached hydrogen (secondary N) is 3. The van der Waals surface area contributed by atoms with Crippen LogP contribution in [0.3, 0.4) is 0 Å². The predicted octanol–water partition coefficient (Wildman–Crippen LogP) is 7.94. The Morgan fingerprint density at radius 3 is 2.54 bits per heavy atom. The number of hydrogen-bond acceptors (Lipinski definition) is 6. The second-order valence-corrected chi connectivity index (χ2v) is 11.1. The van der Waals surface area contributed by atoms with Gasteiger partial charge in [0.2, 0.25) is 0 Å². The van der Waals surface area contributed by atoms with Gasteiger partial charge in [0.15, 0.2) is 17.3 Å². The molecule has 1 amide bonds. The molecule has 0 unspecified atom stereocenters. The molecule has 8 nitrogen and oxygen atoms in total. The summed E-state index contributed by atoms with van der Waals surface area (Å²) in [4.78, 5) is 31.0. The van der Waals surface area contributed by atoms with Gasteiger partial charge >= 0.3 is 0 Å². The fourth-order valence-electron chi connectivity index (χ4n) is 4.76. The van der Waals surface area contributed by atoms with Crippen molar-refractivity contribution in [2.24, 2.45) is 0 Å². The van der Waals surface area contributed by atoms with E-state index in [-0.39, 0.29) is 35.1 Å². The second-order valence-electron chi connectivity index (χ2n) is 9.77. The molecule has 5 aromatic rings. The van der Waals surface area contributed by atoms with E-state index in [4.69, 9.17) is 14.9 Å². The maximum atomic E-state index is 15.4. The number of aromatic nitrogens is 2. The number of amides is 1. The van der Waals surface area contributed by atoms with Crippen molar-refractivity contribution < 1.29 is 23.0 Å². The van der Waals surface area contributed by atoms with E-state index in [1.165, 1.54) is 59.3 Å². The number of thioether (sulfide) groups is 1. The molecule has 3 N–H and O–H groups in total. The van der Waals surface area contributed by atoms with Crippen molar-refractivity contribution in [3.8, 4) is 28.3 Å². The summed E-state index contributed by atoms with van der Waals surface area (Å²) in [6, 6.07) is 20.4. The number of rotatable bonds is 12. The van der Waals surface area contributed by atoms with Crippen LogP contribution in [0.15, 0.2) is 107 Å². The minimum absolute atomic E-state index is 0.0470. The van der Waals surface area contributed by atoms with Gasteiger partial charge in [-0.2, -0.15) is 0 Å². The van der Waals surface area contributed by atoms with E-state index in [0.29, 0.717) is 11.4 Å². The lowest BCUT2D eigenvalue weighted by atomic mass is 10.1. The molecule has 5 rings (SSSR count). The Bertz CT molecular complexity index is 1970. The first-order chi connectivity index (χ1) is 22.3. The summed E-state index contributed by atoms with van der Waals surface area (Å²) in [6.45, 7) is 3.98. The number of H-pyrrole nitrogens is 1. The van der Waals surface area contributed by atoms with E-state index >= 15 is 4.39 Å². The third kappa shape index (κ3) is 7.10. The quantitative estimate of drug-likeness (QED) is 0.0729. The van der Waals surface area contributed by atoms with Crippen LogP contribution in [0.25, 0.3) is 22.6 Å². The zero-order valence-corrected chi connectivity index (χ0v) is 25.8. The SMILES string of the molecule is CCOc1ccn(-c2ccc(F)cc2)c(=O)c1C(=O)Nc1ccc(O/C(=C/C=N)c2[nH]ccc2-c2cccc(SCC)c2)c(F)c1. The van der Waals surface area contributed by atoms with Crippen molar-refractivity contribution >= 4 is 35.3 Å². The van der Waals surface area contributed by atoms with Crippen molar-refractivity contribution in [2.45, 2.75) is 18.7 Å². The van der Waals surface area contributed by atoms with Gasteiger partial charge in [-0.3, -0.25) is 14.2 Å². The molecule has 11 heteroatoms. The van der Waals surface area contributed by atoms with Gasteiger partial charge in [0.05, 0.1) is 12.3 Å². The summed E-state index contributed by atoms with van der Waals surface area (Å²) >= 11 is 1.71. The number of hydrogen-bond donors (Lipinski definition) is 3. The van der Waals surface area contributed by atoms with Crippen LogP contribution >= 0.6 is 11.8 Å². The molecule has 0 bridgehead atoms. The van der Waals surface area contributed by atoms with Crippen LogP contribution in [0.2, 0.25) is 0 Å². The van der Waals surface area contributed by atoms with Gasteiger partial charge in [0.1, 0.15) is 17.1 Å². The number of carbonyl (C=O) groups excluding carboxylic acids is 1. The monoisotopic (exact) mass is 640 g/mol. The lowest BCUT2D eigenvalue weighted by molar-refractivity contribution is 0.102. The number of aromatic amines is 1. The molecule has 46 heavy (non-hydrogen) atoms. The largest absolute Gasteiger partial charge is 0.493 e. The minimum atomic E-state index is -0.818. The van der Waals surface area contributed by atoms with E-state index in [2.05, 4.69) is 23.3 Å². The van der Waals surface area contributed by atoms with Crippen LogP contribution in [0.5, 0.6) is 11.5 Å². The fraction of sp³-hybridized carbons (Fsp3) is 0.114. The highest BCUT2D eigenvalue weighted by atomic mass is 32.2.